The highest BCUT2D eigenvalue weighted by atomic mass is 127. The molecule has 1 fully saturated rings. The number of benzene rings is 1. The Bertz CT molecular complexity index is 1030. The first-order valence-corrected chi connectivity index (χ1v) is 10.7. The van der Waals surface area contributed by atoms with Crippen LogP contribution in [-0.2, 0) is 12.0 Å². The fourth-order valence-corrected chi connectivity index (χ4v) is 3.76. The Morgan fingerprint density at radius 3 is 2.65 bits per heavy atom. The number of rotatable bonds is 7. The number of nitrogens with zero attached hydrogens (tertiary/aromatic N) is 4. The largest absolute Gasteiger partial charge is 0.357 e. The van der Waals surface area contributed by atoms with Crippen LogP contribution in [0.1, 0.15) is 36.7 Å². The lowest BCUT2D eigenvalue weighted by Gasteiger charge is -2.19. The van der Waals surface area contributed by atoms with Gasteiger partial charge >= 0.3 is 0 Å². The van der Waals surface area contributed by atoms with Gasteiger partial charge in [0.1, 0.15) is 11.6 Å². The molecule has 1 aromatic carbocycles. The van der Waals surface area contributed by atoms with Crippen molar-refractivity contribution in [3.8, 4) is 5.82 Å². The zero-order valence-corrected chi connectivity index (χ0v) is 20.9. The van der Waals surface area contributed by atoms with E-state index in [1.807, 2.05) is 42.1 Å². The monoisotopic (exact) mass is 550 g/mol. The van der Waals surface area contributed by atoms with Gasteiger partial charge in [-0.15, -0.1) is 24.0 Å². The van der Waals surface area contributed by atoms with E-state index in [1.54, 1.807) is 6.20 Å². The van der Waals surface area contributed by atoms with Gasteiger partial charge in [-0.1, -0.05) is 29.8 Å². The fourth-order valence-electron chi connectivity index (χ4n) is 3.57. The van der Waals surface area contributed by atoms with Crippen molar-refractivity contribution < 1.29 is 0 Å². The lowest BCUT2D eigenvalue weighted by Crippen LogP contribution is -2.41. The number of halogens is 2. The van der Waals surface area contributed by atoms with Crippen LogP contribution in [0.2, 0.25) is 5.02 Å². The molecule has 0 saturated heterocycles. The quantitative estimate of drug-likeness (QED) is 0.256. The van der Waals surface area contributed by atoms with Crippen LogP contribution in [0.4, 0.5) is 0 Å². The van der Waals surface area contributed by atoms with Crippen molar-refractivity contribution in [1.82, 2.24) is 25.2 Å². The summed E-state index contributed by atoms with van der Waals surface area (Å²) in [4.78, 5) is 13.5. The van der Waals surface area contributed by atoms with Gasteiger partial charge in [-0.2, -0.15) is 0 Å². The van der Waals surface area contributed by atoms with E-state index >= 15 is 0 Å². The van der Waals surface area contributed by atoms with Crippen molar-refractivity contribution in [3.63, 3.8) is 0 Å². The highest BCUT2D eigenvalue weighted by Crippen LogP contribution is 2.48. The second kappa shape index (κ2) is 10.5. The summed E-state index contributed by atoms with van der Waals surface area (Å²) in [6, 6.07) is 12.3. The molecule has 2 heterocycles. The summed E-state index contributed by atoms with van der Waals surface area (Å²) in [5.41, 5.74) is 2.52. The second-order valence-electron chi connectivity index (χ2n) is 7.71. The average Bonchev–Trinajstić information content (AvgIpc) is 3.44. The molecule has 164 valence electrons. The molecule has 0 amide bonds. The standard InChI is InChI=1S/C23H27ClN6.HI/c1-3-25-22(29-16-23(9-10-23)19-5-4-6-20(24)13-19)28-15-18-7-8-21(27-14-18)30-12-11-26-17(30)2;/h4-8,11-14H,3,9-10,15-16H2,1-2H3,(H2,25,28,29);1H. The summed E-state index contributed by atoms with van der Waals surface area (Å²) in [7, 11) is 0. The number of aromatic nitrogens is 3. The van der Waals surface area contributed by atoms with Crippen LogP contribution >= 0.6 is 35.6 Å². The molecular formula is C23H28ClIN6. The van der Waals surface area contributed by atoms with E-state index in [1.165, 1.54) is 18.4 Å². The molecule has 0 atom stereocenters. The zero-order chi connectivity index (χ0) is 21.0. The van der Waals surface area contributed by atoms with E-state index in [4.69, 9.17) is 16.6 Å². The van der Waals surface area contributed by atoms with Gasteiger partial charge in [0.05, 0.1) is 6.54 Å². The fraction of sp³-hybridized carbons (Fsp3) is 0.348. The maximum atomic E-state index is 6.19. The minimum absolute atomic E-state index is 0. The molecule has 1 aliphatic carbocycles. The number of aryl methyl sites for hydroxylation is 1. The first kappa shape index (κ1) is 23.5. The third-order valence-electron chi connectivity index (χ3n) is 5.53. The van der Waals surface area contributed by atoms with E-state index in [2.05, 4.69) is 45.7 Å². The SMILES string of the molecule is CCNC(=NCc1ccc(-n2ccnc2C)nc1)NCC1(c2cccc(Cl)c2)CC1.I. The van der Waals surface area contributed by atoms with Crippen molar-refractivity contribution in [2.75, 3.05) is 13.1 Å². The van der Waals surface area contributed by atoms with Crippen LogP contribution in [0.15, 0.2) is 60.0 Å². The maximum absolute atomic E-state index is 6.19. The summed E-state index contributed by atoms with van der Waals surface area (Å²) in [5, 5.41) is 7.65. The summed E-state index contributed by atoms with van der Waals surface area (Å²) in [5.74, 6) is 2.60. The Morgan fingerprint density at radius 1 is 1.19 bits per heavy atom. The lowest BCUT2D eigenvalue weighted by molar-refractivity contribution is 0.646. The van der Waals surface area contributed by atoms with Crippen molar-refractivity contribution in [3.05, 3.63) is 77.0 Å². The van der Waals surface area contributed by atoms with Gasteiger partial charge in [0, 0.05) is 42.1 Å². The lowest BCUT2D eigenvalue weighted by atomic mass is 9.96. The number of hydrogen-bond donors (Lipinski definition) is 2. The molecule has 2 N–H and O–H groups in total. The van der Waals surface area contributed by atoms with E-state index in [9.17, 15) is 0 Å². The summed E-state index contributed by atoms with van der Waals surface area (Å²) in [6.07, 6.45) is 7.89. The molecule has 0 aliphatic heterocycles. The minimum atomic E-state index is 0. The summed E-state index contributed by atoms with van der Waals surface area (Å²) in [6.45, 7) is 6.26. The molecule has 0 unspecified atom stereocenters. The molecule has 31 heavy (non-hydrogen) atoms. The number of hydrogen-bond acceptors (Lipinski definition) is 3. The number of aliphatic imine (C=N–C) groups is 1. The van der Waals surface area contributed by atoms with Gasteiger partial charge in [-0.25, -0.2) is 15.0 Å². The molecule has 4 rings (SSSR count). The smallest absolute Gasteiger partial charge is 0.191 e. The van der Waals surface area contributed by atoms with E-state index < -0.39 is 0 Å². The molecule has 8 heteroatoms. The number of guanidine groups is 1. The average molecular weight is 551 g/mol. The van der Waals surface area contributed by atoms with Crippen LogP contribution in [0.5, 0.6) is 0 Å². The number of nitrogens with one attached hydrogen (secondary N) is 2. The van der Waals surface area contributed by atoms with Gasteiger partial charge < -0.3 is 10.6 Å². The van der Waals surface area contributed by atoms with Gasteiger partial charge in [0.2, 0.25) is 0 Å². The number of pyridine rings is 1. The molecule has 1 aliphatic rings. The topological polar surface area (TPSA) is 67.1 Å². The Balaban J connectivity index is 0.00000272. The van der Waals surface area contributed by atoms with Crippen LogP contribution in [0.3, 0.4) is 0 Å². The molecule has 0 bridgehead atoms. The highest BCUT2D eigenvalue weighted by Gasteiger charge is 2.44. The van der Waals surface area contributed by atoms with Gasteiger partial charge in [0.15, 0.2) is 5.96 Å². The van der Waals surface area contributed by atoms with E-state index in [0.29, 0.717) is 6.54 Å². The molecule has 2 aromatic heterocycles. The Kier molecular flexibility index (Phi) is 7.94. The Labute approximate surface area is 205 Å². The van der Waals surface area contributed by atoms with E-state index in [-0.39, 0.29) is 29.4 Å². The molecule has 0 radical (unpaired) electrons. The van der Waals surface area contributed by atoms with Crippen molar-refractivity contribution in [1.29, 1.82) is 0 Å². The predicted octanol–water partition coefficient (Wildman–Crippen LogP) is 4.63. The highest BCUT2D eigenvalue weighted by molar-refractivity contribution is 14.0. The van der Waals surface area contributed by atoms with Crippen LogP contribution in [0, 0.1) is 6.92 Å². The molecule has 1 saturated carbocycles. The van der Waals surface area contributed by atoms with Crippen LogP contribution in [-0.4, -0.2) is 33.6 Å². The van der Waals surface area contributed by atoms with Crippen LogP contribution < -0.4 is 10.6 Å². The third kappa shape index (κ3) is 5.77. The van der Waals surface area contributed by atoms with Crippen LogP contribution in [0.25, 0.3) is 5.82 Å². The summed E-state index contributed by atoms with van der Waals surface area (Å²) < 4.78 is 1.96. The summed E-state index contributed by atoms with van der Waals surface area (Å²) >= 11 is 6.19. The molecular weight excluding hydrogens is 523 g/mol. The molecule has 6 nitrogen and oxygen atoms in total. The third-order valence-corrected chi connectivity index (χ3v) is 5.77. The molecule has 0 spiro atoms. The zero-order valence-electron chi connectivity index (χ0n) is 17.8. The van der Waals surface area contributed by atoms with Gasteiger partial charge in [0.25, 0.3) is 0 Å². The molecule has 3 aromatic rings. The van der Waals surface area contributed by atoms with Crippen molar-refractivity contribution >= 4 is 41.5 Å². The first-order valence-electron chi connectivity index (χ1n) is 10.3. The maximum Gasteiger partial charge on any atom is 0.191 e. The Morgan fingerprint density at radius 2 is 2.03 bits per heavy atom. The normalized spacial score (nSPS) is 14.6. The minimum Gasteiger partial charge on any atom is -0.357 e. The number of imidazole rings is 1. The van der Waals surface area contributed by atoms with Crippen molar-refractivity contribution in [2.45, 2.75) is 38.6 Å². The van der Waals surface area contributed by atoms with E-state index in [0.717, 1.165) is 41.3 Å². The van der Waals surface area contributed by atoms with Gasteiger partial charge in [-0.05, 0) is 56.0 Å². The first-order chi connectivity index (χ1) is 14.6. The van der Waals surface area contributed by atoms with Gasteiger partial charge in [-0.3, -0.25) is 4.57 Å². The van der Waals surface area contributed by atoms with Crippen molar-refractivity contribution in [2.24, 2.45) is 4.99 Å². The predicted molar refractivity (Wildman–Crippen MR) is 137 cm³/mol. The second-order valence-corrected chi connectivity index (χ2v) is 8.14. The Hall–Kier alpha value is -2.13.